The first-order valence-electron chi connectivity index (χ1n) is 11.4. The van der Waals surface area contributed by atoms with Gasteiger partial charge in [0.1, 0.15) is 11.3 Å². The van der Waals surface area contributed by atoms with Crippen LogP contribution in [0.25, 0.3) is 11.1 Å². The fourth-order valence-corrected chi connectivity index (χ4v) is 4.36. The average molecular weight is 468 g/mol. The molecule has 2 aromatic heterocycles. The molecule has 3 heterocycles. The number of primary amides is 1. The van der Waals surface area contributed by atoms with Crippen molar-refractivity contribution < 1.29 is 9.21 Å². The zero-order valence-corrected chi connectivity index (χ0v) is 19.3. The number of piperidine rings is 1. The summed E-state index contributed by atoms with van der Waals surface area (Å²) in [5.41, 5.74) is 10.7. The number of fused-ring (bicyclic) bond motifs is 1. The quantitative estimate of drug-likeness (QED) is 0.382. The maximum atomic E-state index is 12.0. The molecule has 1 aliphatic heterocycles. The number of nitrogens with one attached hydrogen (secondary N) is 2. The highest BCUT2D eigenvalue weighted by Gasteiger charge is 2.21. The van der Waals surface area contributed by atoms with Gasteiger partial charge in [-0.2, -0.15) is 5.26 Å². The van der Waals surface area contributed by atoms with Crippen LogP contribution in [0.4, 0.5) is 22.9 Å². The van der Waals surface area contributed by atoms with Gasteiger partial charge in [0.05, 0.1) is 22.9 Å². The van der Waals surface area contributed by atoms with E-state index in [-0.39, 0.29) is 6.04 Å². The lowest BCUT2D eigenvalue weighted by Crippen LogP contribution is -2.39. The summed E-state index contributed by atoms with van der Waals surface area (Å²) in [6.45, 7) is 3.54. The van der Waals surface area contributed by atoms with Crippen molar-refractivity contribution in [1.82, 2.24) is 9.97 Å². The number of nitrogens with two attached hydrogens (primary N) is 1. The minimum absolute atomic E-state index is 0.187. The number of carbonyl (C=O) groups excluding carboxylic acids is 1. The Kier molecular flexibility index (Phi) is 5.94. The van der Waals surface area contributed by atoms with Crippen LogP contribution in [0.2, 0.25) is 0 Å². The molecule has 4 N–H and O–H groups in total. The summed E-state index contributed by atoms with van der Waals surface area (Å²) in [5.74, 6) is 0.672. The Labute approximate surface area is 202 Å². The maximum Gasteiger partial charge on any atom is 0.252 e. The smallest absolute Gasteiger partial charge is 0.252 e. The summed E-state index contributed by atoms with van der Waals surface area (Å²) in [6, 6.07) is 17.4. The van der Waals surface area contributed by atoms with Crippen LogP contribution in [0.1, 0.15) is 34.7 Å². The fourth-order valence-electron chi connectivity index (χ4n) is 4.36. The zero-order valence-electron chi connectivity index (χ0n) is 19.3. The highest BCUT2D eigenvalue weighted by Crippen LogP contribution is 2.27. The first kappa shape index (κ1) is 22.2. The maximum absolute atomic E-state index is 12.0. The number of nitriles is 1. The topological polar surface area (TPSA) is 133 Å². The molecule has 5 rings (SSSR count). The van der Waals surface area contributed by atoms with Gasteiger partial charge in [-0.05, 0) is 55.3 Å². The molecule has 176 valence electrons. The lowest BCUT2D eigenvalue weighted by atomic mass is 10.0. The van der Waals surface area contributed by atoms with Crippen LogP contribution in [0, 0.1) is 18.3 Å². The minimum atomic E-state index is -0.527. The number of oxazole rings is 1. The molecule has 0 spiro atoms. The van der Waals surface area contributed by atoms with Gasteiger partial charge >= 0.3 is 0 Å². The Morgan fingerprint density at radius 1 is 1.17 bits per heavy atom. The molecular weight excluding hydrogens is 442 g/mol. The van der Waals surface area contributed by atoms with Gasteiger partial charge in [0.15, 0.2) is 11.5 Å². The number of anilines is 4. The molecule has 0 saturated carbocycles. The average Bonchev–Trinajstić information content (AvgIpc) is 3.24. The van der Waals surface area contributed by atoms with Crippen molar-refractivity contribution in [2.45, 2.75) is 25.8 Å². The van der Waals surface area contributed by atoms with Gasteiger partial charge in [-0.15, -0.1) is 0 Å². The molecule has 35 heavy (non-hydrogen) atoms. The summed E-state index contributed by atoms with van der Waals surface area (Å²) in [4.78, 5) is 23.1. The van der Waals surface area contributed by atoms with E-state index < -0.39 is 5.91 Å². The number of carbonyl (C=O) groups is 1. The van der Waals surface area contributed by atoms with Crippen molar-refractivity contribution in [2.24, 2.45) is 5.73 Å². The molecule has 9 nitrogen and oxygen atoms in total. The largest absolute Gasteiger partial charge is 0.441 e. The van der Waals surface area contributed by atoms with Gasteiger partial charge < -0.3 is 25.7 Å². The van der Waals surface area contributed by atoms with E-state index in [9.17, 15) is 4.79 Å². The summed E-state index contributed by atoms with van der Waals surface area (Å²) < 4.78 is 5.53. The molecule has 4 aromatic rings. The molecule has 1 fully saturated rings. The number of rotatable bonds is 6. The highest BCUT2D eigenvalue weighted by atomic mass is 16.3. The Morgan fingerprint density at radius 3 is 2.66 bits per heavy atom. The number of hydrogen-bond acceptors (Lipinski definition) is 8. The Morgan fingerprint density at radius 2 is 1.94 bits per heavy atom. The minimum Gasteiger partial charge on any atom is -0.441 e. The Hall–Kier alpha value is -4.58. The van der Waals surface area contributed by atoms with E-state index in [1.165, 1.54) is 6.20 Å². The normalized spacial score (nSPS) is 14.0. The standard InChI is InChI=1S/C26H25N7O2/c1-16-30-23-12-19(4-7-24(23)35-16)32-25-13-22(21(15-29-25)26(28)34)31-18-8-10-33(11-9-18)20-5-2-17(14-27)3-6-20/h2-7,12-13,15,18H,8-11H2,1H3,(H2,28,34)(H2,29,31,32). The van der Waals surface area contributed by atoms with Gasteiger partial charge in [0.25, 0.3) is 5.91 Å². The summed E-state index contributed by atoms with van der Waals surface area (Å²) in [7, 11) is 0. The first-order valence-corrected chi connectivity index (χ1v) is 11.4. The van der Waals surface area contributed by atoms with Crippen LogP contribution in [0.5, 0.6) is 0 Å². The third-order valence-corrected chi connectivity index (χ3v) is 6.15. The van der Waals surface area contributed by atoms with Crippen molar-refractivity contribution in [1.29, 1.82) is 5.26 Å². The number of pyridine rings is 1. The second-order valence-electron chi connectivity index (χ2n) is 8.58. The van der Waals surface area contributed by atoms with Crippen molar-refractivity contribution in [3.63, 3.8) is 0 Å². The van der Waals surface area contributed by atoms with Crippen molar-refractivity contribution in [3.8, 4) is 6.07 Å². The van der Waals surface area contributed by atoms with Gasteiger partial charge in [-0.25, -0.2) is 9.97 Å². The summed E-state index contributed by atoms with van der Waals surface area (Å²) >= 11 is 0. The van der Waals surface area contributed by atoms with E-state index in [1.54, 1.807) is 0 Å². The van der Waals surface area contributed by atoms with Crippen molar-refractivity contribution >= 4 is 39.9 Å². The van der Waals surface area contributed by atoms with Crippen molar-refractivity contribution in [2.75, 3.05) is 28.6 Å². The first-order chi connectivity index (χ1) is 17.0. The lowest BCUT2D eigenvalue weighted by Gasteiger charge is -2.34. The van der Waals surface area contributed by atoms with E-state index in [4.69, 9.17) is 15.4 Å². The van der Waals surface area contributed by atoms with E-state index in [2.05, 4.69) is 31.6 Å². The molecule has 1 saturated heterocycles. The van der Waals surface area contributed by atoms with Crippen LogP contribution in [-0.4, -0.2) is 35.0 Å². The molecule has 0 aliphatic carbocycles. The van der Waals surface area contributed by atoms with Crippen LogP contribution < -0.4 is 21.3 Å². The van der Waals surface area contributed by atoms with Gasteiger partial charge in [0.2, 0.25) is 0 Å². The predicted molar refractivity (Wildman–Crippen MR) is 135 cm³/mol. The lowest BCUT2D eigenvalue weighted by molar-refractivity contribution is 0.100. The predicted octanol–water partition coefficient (Wildman–Crippen LogP) is 4.33. The van der Waals surface area contributed by atoms with Gasteiger partial charge in [0, 0.05) is 49.7 Å². The van der Waals surface area contributed by atoms with E-state index in [1.807, 2.05) is 55.5 Å². The number of aromatic nitrogens is 2. The molecule has 0 radical (unpaired) electrons. The molecular formula is C26H25N7O2. The fraction of sp³-hybridized carbons (Fsp3) is 0.231. The van der Waals surface area contributed by atoms with Gasteiger partial charge in [-0.3, -0.25) is 4.79 Å². The number of benzene rings is 2. The number of aryl methyl sites for hydroxylation is 1. The molecule has 9 heteroatoms. The van der Waals surface area contributed by atoms with E-state index in [0.29, 0.717) is 28.5 Å². The zero-order chi connectivity index (χ0) is 24.4. The summed E-state index contributed by atoms with van der Waals surface area (Å²) in [6.07, 6.45) is 3.29. The Balaban J connectivity index is 1.29. The molecule has 1 aliphatic rings. The molecule has 0 atom stereocenters. The SMILES string of the molecule is Cc1nc2cc(Nc3cc(NC4CCN(c5ccc(C#N)cc5)CC4)c(C(N)=O)cn3)ccc2o1. The van der Waals surface area contributed by atoms with Crippen LogP contribution in [0.3, 0.4) is 0 Å². The number of amides is 1. The number of nitrogens with zero attached hydrogens (tertiary/aromatic N) is 4. The number of hydrogen-bond donors (Lipinski definition) is 3. The van der Waals surface area contributed by atoms with Gasteiger partial charge in [-0.1, -0.05) is 0 Å². The molecule has 2 aromatic carbocycles. The van der Waals surface area contributed by atoms with Crippen LogP contribution in [0.15, 0.2) is 59.1 Å². The summed E-state index contributed by atoms with van der Waals surface area (Å²) in [5, 5.41) is 15.8. The molecule has 0 unspecified atom stereocenters. The van der Waals surface area contributed by atoms with E-state index >= 15 is 0 Å². The molecule has 0 bridgehead atoms. The molecule has 1 amide bonds. The second-order valence-corrected chi connectivity index (χ2v) is 8.58. The Bertz CT molecular complexity index is 1410. The third kappa shape index (κ3) is 4.87. The van der Waals surface area contributed by atoms with Crippen molar-refractivity contribution in [3.05, 3.63) is 71.7 Å². The highest BCUT2D eigenvalue weighted by molar-refractivity contribution is 5.98. The second kappa shape index (κ2) is 9.35. The van der Waals surface area contributed by atoms with E-state index in [0.717, 1.165) is 48.4 Å². The van der Waals surface area contributed by atoms with Crippen LogP contribution in [-0.2, 0) is 0 Å². The van der Waals surface area contributed by atoms with Crippen LogP contribution >= 0.6 is 0 Å². The monoisotopic (exact) mass is 467 g/mol. The third-order valence-electron chi connectivity index (χ3n) is 6.15.